The molecule has 0 radical (unpaired) electrons. The number of rotatable bonds is 6. The molecule has 110 valence electrons. The highest BCUT2D eigenvalue weighted by molar-refractivity contribution is 6.01. The molecule has 0 saturated carbocycles. The van der Waals surface area contributed by atoms with Gasteiger partial charge in [0.1, 0.15) is 12.4 Å². The van der Waals surface area contributed by atoms with E-state index < -0.39 is 12.0 Å². The maximum atomic E-state index is 11.4. The van der Waals surface area contributed by atoms with Crippen LogP contribution in [-0.4, -0.2) is 47.6 Å². The second-order valence-corrected chi connectivity index (χ2v) is 4.30. The van der Waals surface area contributed by atoms with Crippen molar-refractivity contribution in [3.63, 3.8) is 0 Å². The predicted octanol–water partition coefficient (Wildman–Crippen LogP) is 0.715. The molecule has 1 aromatic rings. The van der Waals surface area contributed by atoms with E-state index >= 15 is 0 Å². The minimum atomic E-state index is -1.03. The number of nitrogens with one attached hydrogen (secondary N) is 1. The lowest BCUT2D eigenvalue weighted by atomic mass is 10.2. The van der Waals surface area contributed by atoms with Gasteiger partial charge in [-0.05, 0) is 23.8 Å². The number of carbonyl (C=O) groups excluding carboxylic acids is 2. The van der Waals surface area contributed by atoms with Crippen LogP contribution in [0.5, 0.6) is 5.75 Å². The third-order valence-electron chi connectivity index (χ3n) is 2.80. The fraction of sp³-hybridized carbons (Fsp3) is 0.214. The van der Waals surface area contributed by atoms with Gasteiger partial charge in [0, 0.05) is 6.08 Å². The average Bonchev–Trinajstić information content (AvgIpc) is 2.77. The molecule has 7 heteroatoms. The monoisotopic (exact) mass is 290 g/mol. The van der Waals surface area contributed by atoms with Gasteiger partial charge in [0.2, 0.25) is 5.91 Å². The van der Waals surface area contributed by atoms with Gasteiger partial charge in [-0.25, -0.2) is 9.59 Å². The van der Waals surface area contributed by atoms with Gasteiger partial charge in [-0.15, -0.1) is 0 Å². The van der Waals surface area contributed by atoms with E-state index in [4.69, 9.17) is 9.84 Å². The number of hydrogen-bond donors (Lipinski definition) is 2. The molecule has 21 heavy (non-hydrogen) atoms. The van der Waals surface area contributed by atoms with Crippen molar-refractivity contribution < 1.29 is 24.2 Å². The van der Waals surface area contributed by atoms with Gasteiger partial charge in [0.15, 0.2) is 0 Å². The number of carbonyl (C=O) groups is 3. The van der Waals surface area contributed by atoms with E-state index in [1.165, 1.54) is 6.08 Å². The Morgan fingerprint density at radius 2 is 2.24 bits per heavy atom. The topological polar surface area (TPSA) is 95.9 Å². The molecule has 1 aromatic carbocycles. The van der Waals surface area contributed by atoms with Crippen LogP contribution < -0.4 is 10.1 Å². The van der Waals surface area contributed by atoms with Crippen molar-refractivity contribution in [2.75, 3.05) is 19.7 Å². The number of carboxylic acids is 1. The lowest BCUT2D eigenvalue weighted by Crippen LogP contribution is -2.34. The van der Waals surface area contributed by atoms with Crippen LogP contribution in [0.3, 0.4) is 0 Å². The Balaban J connectivity index is 1.88. The Bertz CT molecular complexity index is 581. The van der Waals surface area contributed by atoms with Crippen LogP contribution in [0.25, 0.3) is 6.08 Å². The van der Waals surface area contributed by atoms with Crippen molar-refractivity contribution in [3.05, 3.63) is 35.9 Å². The molecule has 7 nitrogen and oxygen atoms in total. The first kappa shape index (κ1) is 14.6. The molecule has 0 bridgehead atoms. The standard InChI is InChI=1S/C14H14N2O5/c17-12-9-15-14(20)16(12)6-7-21-11-3-1-2-10(8-11)4-5-13(18)19/h1-5,8H,6-7,9H2,(H,15,20)(H,18,19). The van der Waals surface area contributed by atoms with E-state index in [1.807, 2.05) is 0 Å². The Morgan fingerprint density at radius 3 is 2.90 bits per heavy atom. The molecular weight excluding hydrogens is 276 g/mol. The van der Waals surface area contributed by atoms with E-state index in [0.29, 0.717) is 11.3 Å². The number of amides is 3. The first-order valence-corrected chi connectivity index (χ1v) is 6.28. The van der Waals surface area contributed by atoms with Gasteiger partial charge in [-0.2, -0.15) is 0 Å². The molecule has 1 aliphatic rings. The van der Waals surface area contributed by atoms with Crippen LogP contribution in [0.1, 0.15) is 5.56 Å². The Kier molecular flexibility index (Phi) is 4.55. The predicted molar refractivity (Wildman–Crippen MR) is 73.7 cm³/mol. The summed E-state index contributed by atoms with van der Waals surface area (Å²) in [5, 5.41) is 11.0. The zero-order valence-electron chi connectivity index (χ0n) is 11.1. The Morgan fingerprint density at radius 1 is 1.43 bits per heavy atom. The minimum Gasteiger partial charge on any atom is -0.492 e. The van der Waals surface area contributed by atoms with E-state index in [9.17, 15) is 14.4 Å². The summed E-state index contributed by atoms with van der Waals surface area (Å²) in [6.07, 6.45) is 2.49. The van der Waals surface area contributed by atoms with Crippen molar-refractivity contribution in [1.82, 2.24) is 10.2 Å². The molecule has 0 aromatic heterocycles. The van der Waals surface area contributed by atoms with Crippen LogP contribution in [0, 0.1) is 0 Å². The van der Waals surface area contributed by atoms with Crippen LogP contribution in [0.2, 0.25) is 0 Å². The second kappa shape index (κ2) is 6.56. The highest BCUT2D eigenvalue weighted by atomic mass is 16.5. The number of nitrogens with zero attached hydrogens (tertiary/aromatic N) is 1. The maximum Gasteiger partial charge on any atom is 0.328 e. The summed E-state index contributed by atoms with van der Waals surface area (Å²) in [7, 11) is 0. The summed E-state index contributed by atoms with van der Waals surface area (Å²) in [5.74, 6) is -0.767. The number of carboxylic acid groups (broad SMARTS) is 1. The lowest BCUT2D eigenvalue weighted by molar-refractivity contribution is -0.131. The highest BCUT2D eigenvalue weighted by Gasteiger charge is 2.27. The third-order valence-corrected chi connectivity index (χ3v) is 2.80. The summed E-state index contributed by atoms with van der Waals surface area (Å²) >= 11 is 0. The highest BCUT2D eigenvalue weighted by Crippen LogP contribution is 2.14. The van der Waals surface area contributed by atoms with E-state index in [-0.39, 0.29) is 25.6 Å². The molecule has 2 N–H and O–H groups in total. The van der Waals surface area contributed by atoms with Gasteiger partial charge in [-0.3, -0.25) is 9.69 Å². The molecule has 0 spiro atoms. The van der Waals surface area contributed by atoms with Crippen LogP contribution in [0.15, 0.2) is 30.3 Å². The van der Waals surface area contributed by atoms with Crippen molar-refractivity contribution >= 4 is 24.0 Å². The van der Waals surface area contributed by atoms with E-state index in [1.54, 1.807) is 24.3 Å². The van der Waals surface area contributed by atoms with Crippen molar-refractivity contribution in [1.29, 1.82) is 0 Å². The summed E-state index contributed by atoms with van der Waals surface area (Å²) in [4.78, 5) is 34.2. The fourth-order valence-electron chi connectivity index (χ4n) is 1.81. The molecule has 1 fully saturated rings. The molecule has 1 heterocycles. The number of aliphatic carboxylic acids is 1. The zero-order valence-corrected chi connectivity index (χ0v) is 11.1. The summed E-state index contributed by atoms with van der Waals surface area (Å²) in [5.41, 5.74) is 0.685. The molecule has 1 aliphatic heterocycles. The summed E-state index contributed by atoms with van der Waals surface area (Å²) in [6, 6.07) is 6.44. The SMILES string of the molecule is O=C(O)C=Cc1cccc(OCCN2C(=O)CNC2=O)c1. The third kappa shape index (κ3) is 4.07. The normalized spacial score (nSPS) is 14.6. The average molecular weight is 290 g/mol. The number of imide groups is 1. The first-order chi connectivity index (χ1) is 10.1. The van der Waals surface area contributed by atoms with E-state index in [0.717, 1.165) is 11.0 Å². The van der Waals surface area contributed by atoms with Gasteiger partial charge in [-0.1, -0.05) is 12.1 Å². The number of hydrogen-bond acceptors (Lipinski definition) is 4. The summed E-state index contributed by atoms with van der Waals surface area (Å²) in [6.45, 7) is 0.361. The molecule has 0 unspecified atom stereocenters. The van der Waals surface area contributed by atoms with Crippen LogP contribution >= 0.6 is 0 Å². The van der Waals surface area contributed by atoms with Crippen LogP contribution in [0.4, 0.5) is 4.79 Å². The van der Waals surface area contributed by atoms with Crippen molar-refractivity contribution in [2.45, 2.75) is 0 Å². The lowest BCUT2D eigenvalue weighted by Gasteiger charge is -2.13. The van der Waals surface area contributed by atoms with Gasteiger partial charge >= 0.3 is 12.0 Å². The summed E-state index contributed by atoms with van der Waals surface area (Å²) < 4.78 is 5.46. The molecule has 3 amide bonds. The maximum absolute atomic E-state index is 11.4. The Labute approximate surface area is 120 Å². The van der Waals surface area contributed by atoms with Crippen LogP contribution in [-0.2, 0) is 9.59 Å². The molecule has 0 atom stereocenters. The molecule has 0 aliphatic carbocycles. The number of ether oxygens (including phenoxy) is 1. The van der Waals surface area contributed by atoms with E-state index in [2.05, 4.69) is 5.32 Å². The number of benzene rings is 1. The molecule has 2 rings (SSSR count). The number of urea groups is 1. The van der Waals surface area contributed by atoms with Crippen molar-refractivity contribution in [2.24, 2.45) is 0 Å². The Hall–Kier alpha value is -2.83. The van der Waals surface area contributed by atoms with Gasteiger partial charge in [0.25, 0.3) is 0 Å². The molecular formula is C14H14N2O5. The minimum absolute atomic E-state index is 0.0221. The van der Waals surface area contributed by atoms with Gasteiger partial charge in [0.05, 0.1) is 13.1 Å². The largest absolute Gasteiger partial charge is 0.492 e. The quantitative estimate of drug-likeness (QED) is 0.594. The second-order valence-electron chi connectivity index (χ2n) is 4.30. The smallest absolute Gasteiger partial charge is 0.328 e. The first-order valence-electron chi connectivity index (χ1n) is 6.28. The van der Waals surface area contributed by atoms with Crippen molar-refractivity contribution in [3.8, 4) is 5.75 Å². The van der Waals surface area contributed by atoms with Gasteiger partial charge < -0.3 is 15.2 Å². The molecule has 1 saturated heterocycles. The zero-order chi connectivity index (χ0) is 15.2. The fourth-order valence-corrected chi connectivity index (χ4v) is 1.81.